The second kappa shape index (κ2) is 6.19. The molecule has 0 aliphatic rings. The summed E-state index contributed by atoms with van der Waals surface area (Å²) < 4.78 is 0. The van der Waals surface area contributed by atoms with E-state index in [0.29, 0.717) is 6.42 Å². The number of nitrogens with one attached hydrogen (secondary N) is 1. The van der Waals surface area contributed by atoms with E-state index in [1.807, 2.05) is 6.92 Å². The second-order valence-corrected chi connectivity index (χ2v) is 4.47. The van der Waals surface area contributed by atoms with Gasteiger partial charge in [-0.15, -0.1) is 11.3 Å². The summed E-state index contributed by atoms with van der Waals surface area (Å²) in [5.41, 5.74) is 5.56. The van der Waals surface area contributed by atoms with E-state index in [4.69, 9.17) is 10.8 Å². The minimum atomic E-state index is -1.03. The highest BCUT2D eigenvalue weighted by Crippen LogP contribution is 2.11. The fourth-order valence-electron chi connectivity index (χ4n) is 1.29. The number of aromatic nitrogens is 1. The molecule has 1 aromatic rings. The van der Waals surface area contributed by atoms with E-state index in [-0.39, 0.29) is 10.8 Å². The predicted octanol–water partition coefficient (Wildman–Crippen LogP) is 1.10. The normalized spacial score (nSPS) is 12.1. The largest absolute Gasteiger partial charge is 0.480 e. The summed E-state index contributed by atoms with van der Waals surface area (Å²) in [6.07, 6.45) is 2.04. The van der Waals surface area contributed by atoms with Crippen LogP contribution in [0.4, 0.5) is 5.13 Å². The van der Waals surface area contributed by atoms with Crippen molar-refractivity contribution < 1.29 is 14.7 Å². The number of hydrogen-bond acceptors (Lipinski definition) is 5. The fraction of sp³-hybridized carbons (Fsp3) is 0.500. The topological polar surface area (TPSA) is 105 Å². The molecule has 1 rings (SSSR count). The molecule has 0 aliphatic heterocycles. The molecule has 1 amide bonds. The standard InChI is InChI=1S/C10H15N3O3S/c1-2-3-4-6(9(15)16)12-8(14)7-5-17-10(11)13-7/h5-6H,2-4H2,1H3,(H2,11,13)(H,12,14)(H,15,16)/t6-/m0/s1. The van der Waals surface area contributed by atoms with Crippen molar-refractivity contribution in [2.75, 3.05) is 5.73 Å². The number of carbonyl (C=O) groups is 2. The number of amides is 1. The third-order valence-electron chi connectivity index (χ3n) is 2.20. The molecule has 7 heteroatoms. The zero-order valence-electron chi connectivity index (χ0n) is 9.47. The van der Waals surface area contributed by atoms with E-state index in [1.165, 1.54) is 5.38 Å². The van der Waals surface area contributed by atoms with Crippen LogP contribution in [0.15, 0.2) is 5.38 Å². The van der Waals surface area contributed by atoms with Crippen molar-refractivity contribution in [1.82, 2.24) is 10.3 Å². The van der Waals surface area contributed by atoms with Crippen molar-refractivity contribution in [2.24, 2.45) is 0 Å². The maximum absolute atomic E-state index is 11.7. The van der Waals surface area contributed by atoms with Gasteiger partial charge in [0, 0.05) is 5.38 Å². The van der Waals surface area contributed by atoms with Crippen LogP contribution < -0.4 is 11.1 Å². The van der Waals surface area contributed by atoms with E-state index in [2.05, 4.69) is 10.3 Å². The van der Waals surface area contributed by atoms with E-state index in [1.54, 1.807) is 0 Å². The quantitative estimate of drug-likeness (QED) is 0.707. The van der Waals surface area contributed by atoms with Crippen molar-refractivity contribution in [3.8, 4) is 0 Å². The lowest BCUT2D eigenvalue weighted by Crippen LogP contribution is -2.40. The van der Waals surface area contributed by atoms with Crippen molar-refractivity contribution in [1.29, 1.82) is 0 Å². The average molecular weight is 257 g/mol. The molecule has 0 aromatic carbocycles. The van der Waals surface area contributed by atoms with Crippen LogP contribution in [-0.2, 0) is 4.79 Å². The lowest BCUT2D eigenvalue weighted by Gasteiger charge is -2.12. The Morgan fingerprint density at radius 3 is 2.82 bits per heavy atom. The van der Waals surface area contributed by atoms with Crippen LogP contribution in [0.1, 0.15) is 36.7 Å². The Labute approximate surface area is 103 Å². The Balaban J connectivity index is 2.60. The van der Waals surface area contributed by atoms with Gasteiger partial charge in [-0.25, -0.2) is 9.78 Å². The number of carboxylic acid groups (broad SMARTS) is 1. The average Bonchev–Trinajstić information content (AvgIpc) is 2.70. The fourth-order valence-corrected chi connectivity index (χ4v) is 1.83. The highest BCUT2D eigenvalue weighted by molar-refractivity contribution is 7.13. The number of nitrogen functional groups attached to an aromatic ring is 1. The van der Waals surface area contributed by atoms with Crippen LogP contribution in [0, 0.1) is 0 Å². The van der Waals surface area contributed by atoms with Crippen LogP contribution in [0.5, 0.6) is 0 Å². The molecular formula is C10H15N3O3S. The lowest BCUT2D eigenvalue weighted by molar-refractivity contribution is -0.139. The highest BCUT2D eigenvalue weighted by Gasteiger charge is 2.21. The van der Waals surface area contributed by atoms with Gasteiger partial charge < -0.3 is 16.2 Å². The van der Waals surface area contributed by atoms with Crippen molar-refractivity contribution >= 4 is 28.3 Å². The summed E-state index contributed by atoms with van der Waals surface area (Å²) >= 11 is 1.14. The number of rotatable bonds is 6. The van der Waals surface area contributed by atoms with Gasteiger partial charge in [-0.05, 0) is 6.42 Å². The first-order valence-electron chi connectivity index (χ1n) is 5.29. The summed E-state index contributed by atoms with van der Waals surface area (Å²) in [4.78, 5) is 26.4. The summed E-state index contributed by atoms with van der Waals surface area (Å²) in [6, 6.07) is -0.870. The molecule has 4 N–H and O–H groups in total. The molecular weight excluding hydrogens is 242 g/mol. The molecule has 1 aromatic heterocycles. The molecule has 6 nitrogen and oxygen atoms in total. The number of carbonyl (C=O) groups excluding carboxylic acids is 1. The number of thiazole rings is 1. The number of aliphatic carboxylic acids is 1. The summed E-state index contributed by atoms with van der Waals surface area (Å²) in [5.74, 6) is -1.53. The van der Waals surface area contributed by atoms with Crippen LogP contribution in [0.3, 0.4) is 0 Å². The van der Waals surface area contributed by atoms with Gasteiger partial charge in [-0.3, -0.25) is 4.79 Å². The molecule has 1 atom stereocenters. The molecule has 0 saturated heterocycles. The maximum atomic E-state index is 11.7. The third-order valence-corrected chi connectivity index (χ3v) is 2.88. The number of carboxylic acids is 1. The molecule has 0 unspecified atom stereocenters. The molecule has 0 fully saturated rings. The van der Waals surface area contributed by atoms with Gasteiger partial charge >= 0.3 is 5.97 Å². The number of hydrogen-bond donors (Lipinski definition) is 3. The molecule has 17 heavy (non-hydrogen) atoms. The van der Waals surface area contributed by atoms with Gasteiger partial charge in [0.25, 0.3) is 5.91 Å². The number of anilines is 1. The Hall–Kier alpha value is -1.63. The molecule has 94 valence electrons. The zero-order valence-corrected chi connectivity index (χ0v) is 10.3. The van der Waals surface area contributed by atoms with Gasteiger partial charge in [0.15, 0.2) is 5.13 Å². The SMILES string of the molecule is CCCC[C@H](NC(=O)c1csc(N)n1)C(=O)O. The van der Waals surface area contributed by atoms with E-state index < -0.39 is 17.9 Å². The third kappa shape index (κ3) is 4.03. The summed E-state index contributed by atoms with van der Waals surface area (Å²) in [6.45, 7) is 1.96. The molecule has 1 heterocycles. The monoisotopic (exact) mass is 257 g/mol. The number of unbranched alkanes of at least 4 members (excludes halogenated alkanes) is 1. The summed E-state index contributed by atoms with van der Waals surface area (Å²) in [5, 5.41) is 13.2. The van der Waals surface area contributed by atoms with Gasteiger partial charge in [0.1, 0.15) is 11.7 Å². The number of nitrogens with zero attached hydrogens (tertiary/aromatic N) is 1. The highest BCUT2D eigenvalue weighted by atomic mass is 32.1. The zero-order chi connectivity index (χ0) is 12.8. The molecule has 0 bridgehead atoms. The van der Waals surface area contributed by atoms with Gasteiger partial charge in [-0.2, -0.15) is 0 Å². The van der Waals surface area contributed by atoms with E-state index in [0.717, 1.165) is 24.2 Å². The minimum absolute atomic E-state index is 0.162. The lowest BCUT2D eigenvalue weighted by atomic mass is 10.1. The molecule has 0 spiro atoms. The van der Waals surface area contributed by atoms with Crippen molar-refractivity contribution in [2.45, 2.75) is 32.2 Å². The predicted molar refractivity (Wildman–Crippen MR) is 64.9 cm³/mol. The smallest absolute Gasteiger partial charge is 0.326 e. The van der Waals surface area contributed by atoms with Crippen LogP contribution in [0.25, 0.3) is 0 Å². The Morgan fingerprint density at radius 2 is 2.35 bits per heavy atom. The molecule has 0 aliphatic carbocycles. The molecule has 0 radical (unpaired) electrons. The first-order valence-corrected chi connectivity index (χ1v) is 6.17. The van der Waals surface area contributed by atoms with E-state index >= 15 is 0 Å². The van der Waals surface area contributed by atoms with Gasteiger partial charge in [0.2, 0.25) is 0 Å². The van der Waals surface area contributed by atoms with Gasteiger partial charge in [-0.1, -0.05) is 19.8 Å². The second-order valence-electron chi connectivity index (χ2n) is 3.58. The maximum Gasteiger partial charge on any atom is 0.326 e. The van der Waals surface area contributed by atoms with Crippen LogP contribution in [-0.4, -0.2) is 28.0 Å². The first-order chi connectivity index (χ1) is 8.04. The van der Waals surface area contributed by atoms with Crippen molar-refractivity contribution in [3.05, 3.63) is 11.1 Å². The van der Waals surface area contributed by atoms with Crippen LogP contribution >= 0.6 is 11.3 Å². The molecule has 0 saturated carbocycles. The van der Waals surface area contributed by atoms with Crippen LogP contribution in [0.2, 0.25) is 0 Å². The number of nitrogens with two attached hydrogens (primary N) is 1. The Bertz CT molecular complexity index is 405. The minimum Gasteiger partial charge on any atom is -0.480 e. The first kappa shape index (κ1) is 13.4. The van der Waals surface area contributed by atoms with E-state index in [9.17, 15) is 9.59 Å². The van der Waals surface area contributed by atoms with Gasteiger partial charge in [0.05, 0.1) is 0 Å². The Morgan fingerprint density at radius 1 is 1.65 bits per heavy atom. The Kier molecular flexibility index (Phi) is 4.89. The van der Waals surface area contributed by atoms with Crippen molar-refractivity contribution in [3.63, 3.8) is 0 Å². The summed E-state index contributed by atoms with van der Waals surface area (Å²) in [7, 11) is 0.